The third-order valence-electron chi connectivity index (χ3n) is 3.81. The Morgan fingerprint density at radius 2 is 1.81 bits per heavy atom. The highest BCUT2D eigenvalue weighted by molar-refractivity contribution is 5.87. The largest absolute Gasteiger partial charge is 0.417 e. The van der Waals surface area contributed by atoms with Gasteiger partial charge >= 0.3 is 6.18 Å². The summed E-state index contributed by atoms with van der Waals surface area (Å²) in [6.45, 7) is 9.36. The SMILES string of the molecule is C=C1C=C(C(F)(F)F)c2ccc(N(CC)CC)cc2N1C. The van der Waals surface area contributed by atoms with Crippen LogP contribution in [0.2, 0.25) is 0 Å². The van der Waals surface area contributed by atoms with Gasteiger partial charge in [-0.15, -0.1) is 0 Å². The third kappa shape index (κ3) is 2.77. The lowest BCUT2D eigenvalue weighted by molar-refractivity contribution is -0.0690. The van der Waals surface area contributed by atoms with E-state index < -0.39 is 11.7 Å². The standard InChI is InChI=1S/C16H19F3N2/c1-5-21(6-2)12-7-8-13-14(16(17,18)19)9-11(3)20(4)15(13)10-12/h7-10H,3,5-6H2,1-2,4H3. The average molecular weight is 296 g/mol. The van der Waals surface area contributed by atoms with E-state index in [9.17, 15) is 13.2 Å². The number of rotatable bonds is 3. The molecule has 1 aromatic rings. The van der Waals surface area contributed by atoms with Crippen LogP contribution in [0.25, 0.3) is 5.57 Å². The second-order valence-electron chi connectivity index (χ2n) is 4.98. The van der Waals surface area contributed by atoms with Crippen molar-refractivity contribution in [1.29, 1.82) is 0 Å². The number of fused-ring (bicyclic) bond motifs is 1. The number of anilines is 2. The summed E-state index contributed by atoms with van der Waals surface area (Å²) in [5, 5.41) is 0. The topological polar surface area (TPSA) is 6.48 Å². The monoisotopic (exact) mass is 296 g/mol. The Hall–Kier alpha value is -1.91. The number of alkyl halides is 3. The second-order valence-corrected chi connectivity index (χ2v) is 4.98. The minimum Gasteiger partial charge on any atom is -0.372 e. The highest BCUT2D eigenvalue weighted by Gasteiger charge is 2.38. The van der Waals surface area contributed by atoms with Gasteiger partial charge in [-0.05, 0) is 32.1 Å². The Morgan fingerprint density at radius 3 is 2.33 bits per heavy atom. The summed E-state index contributed by atoms with van der Waals surface area (Å²) in [5.41, 5.74) is 1.37. The Kier molecular flexibility index (Phi) is 4.03. The molecule has 0 aliphatic carbocycles. The molecular weight excluding hydrogens is 277 g/mol. The summed E-state index contributed by atoms with van der Waals surface area (Å²) in [7, 11) is 1.73. The minimum atomic E-state index is -4.38. The zero-order valence-electron chi connectivity index (χ0n) is 12.5. The number of benzene rings is 1. The molecule has 0 saturated heterocycles. The van der Waals surface area contributed by atoms with Gasteiger partial charge in [0, 0.05) is 37.1 Å². The van der Waals surface area contributed by atoms with Crippen molar-refractivity contribution in [1.82, 2.24) is 0 Å². The molecule has 0 amide bonds. The molecule has 0 N–H and O–H groups in total. The number of likely N-dealkylation sites (N-methyl/N-ethyl adjacent to an activating group) is 1. The normalized spacial score (nSPS) is 14.9. The Labute approximate surface area is 123 Å². The Morgan fingerprint density at radius 1 is 1.19 bits per heavy atom. The summed E-state index contributed by atoms with van der Waals surface area (Å²) >= 11 is 0. The van der Waals surface area contributed by atoms with E-state index in [4.69, 9.17) is 0 Å². The van der Waals surface area contributed by atoms with Crippen LogP contribution in [0.1, 0.15) is 19.4 Å². The van der Waals surface area contributed by atoms with Crippen LogP contribution >= 0.6 is 0 Å². The van der Waals surface area contributed by atoms with Crippen LogP contribution in [-0.4, -0.2) is 26.3 Å². The van der Waals surface area contributed by atoms with E-state index in [1.54, 1.807) is 30.1 Å². The maximum Gasteiger partial charge on any atom is 0.417 e. The van der Waals surface area contributed by atoms with Gasteiger partial charge < -0.3 is 9.80 Å². The number of nitrogens with zero attached hydrogens (tertiary/aromatic N) is 2. The van der Waals surface area contributed by atoms with E-state index >= 15 is 0 Å². The maximum absolute atomic E-state index is 13.2. The van der Waals surface area contributed by atoms with Crippen molar-refractivity contribution in [3.05, 3.63) is 42.1 Å². The molecule has 5 heteroatoms. The van der Waals surface area contributed by atoms with Crippen molar-refractivity contribution >= 4 is 16.9 Å². The fourth-order valence-corrected chi connectivity index (χ4v) is 2.54. The second kappa shape index (κ2) is 5.47. The molecule has 2 rings (SSSR count). The molecule has 0 unspecified atom stereocenters. The zero-order valence-corrected chi connectivity index (χ0v) is 12.5. The van der Waals surface area contributed by atoms with E-state index in [0.29, 0.717) is 11.4 Å². The lowest BCUT2D eigenvalue weighted by Gasteiger charge is -2.31. The molecule has 1 aliphatic heterocycles. The van der Waals surface area contributed by atoms with Gasteiger partial charge in [0.15, 0.2) is 0 Å². The van der Waals surface area contributed by atoms with Crippen LogP contribution in [-0.2, 0) is 0 Å². The maximum atomic E-state index is 13.2. The molecule has 0 spiro atoms. The van der Waals surface area contributed by atoms with Crippen LogP contribution in [0.4, 0.5) is 24.5 Å². The van der Waals surface area contributed by atoms with E-state index in [2.05, 4.69) is 11.5 Å². The van der Waals surface area contributed by atoms with Crippen molar-refractivity contribution in [3.8, 4) is 0 Å². The molecule has 21 heavy (non-hydrogen) atoms. The van der Waals surface area contributed by atoms with Crippen LogP contribution < -0.4 is 9.80 Å². The summed E-state index contributed by atoms with van der Waals surface area (Å²) in [6, 6.07) is 5.09. The molecule has 0 aromatic heterocycles. The molecule has 0 radical (unpaired) electrons. The first kappa shape index (κ1) is 15.5. The van der Waals surface area contributed by atoms with Crippen LogP contribution in [0.5, 0.6) is 0 Å². The van der Waals surface area contributed by atoms with Gasteiger partial charge in [0.05, 0.1) is 11.3 Å². The van der Waals surface area contributed by atoms with Gasteiger partial charge in [-0.1, -0.05) is 12.6 Å². The molecule has 2 nitrogen and oxygen atoms in total. The lowest BCUT2D eigenvalue weighted by atomic mass is 9.97. The molecule has 1 aliphatic rings. The number of hydrogen-bond acceptors (Lipinski definition) is 2. The first-order chi connectivity index (χ1) is 9.79. The van der Waals surface area contributed by atoms with Gasteiger partial charge in [-0.3, -0.25) is 0 Å². The molecule has 0 saturated carbocycles. The third-order valence-corrected chi connectivity index (χ3v) is 3.81. The van der Waals surface area contributed by atoms with Crippen LogP contribution in [0, 0.1) is 0 Å². The smallest absolute Gasteiger partial charge is 0.372 e. The molecule has 0 atom stereocenters. The average Bonchev–Trinajstić information content (AvgIpc) is 2.43. The fourth-order valence-electron chi connectivity index (χ4n) is 2.54. The highest BCUT2D eigenvalue weighted by Crippen LogP contribution is 2.44. The lowest BCUT2D eigenvalue weighted by Crippen LogP contribution is -2.26. The first-order valence-electron chi connectivity index (χ1n) is 6.90. The van der Waals surface area contributed by atoms with E-state index in [1.807, 2.05) is 13.8 Å². The summed E-state index contributed by atoms with van der Waals surface area (Å²) in [4.78, 5) is 3.79. The van der Waals surface area contributed by atoms with Crippen molar-refractivity contribution in [3.63, 3.8) is 0 Å². The van der Waals surface area contributed by atoms with Gasteiger partial charge in [0.2, 0.25) is 0 Å². The van der Waals surface area contributed by atoms with Gasteiger partial charge in [-0.25, -0.2) is 0 Å². The highest BCUT2D eigenvalue weighted by atomic mass is 19.4. The van der Waals surface area contributed by atoms with E-state index in [-0.39, 0.29) is 5.56 Å². The predicted molar refractivity (Wildman–Crippen MR) is 81.6 cm³/mol. The Balaban J connectivity index is 2.57. The van der Waals surface area contributed by atoms with Crippen molar-refractivity contribution in [2.75, 3.05) is 29.9 Å². The molecule has 0 bridgehead atoms. The molecule has 1 heterocycles. The zero-order chi connectivity index (χ0) is 15.8. The van der Waals surface area contributed by atoms with Gasteiger partial charge in [0.1, 0.15) is 0 Å². The molecule has 114 valence electrons. The first-order valence-corrected chi connectivity index (χ1v) is 6.90. The predicted octanol–water partition coefficient (Wildman–Crippen LogP) is 4.44. The van der Waals surface area contributed by atoms with Crippen molar-refractivity contribution < 1.29 is 13.2 Å². The summed E-state index contributed by atoms with van der Waals surface area (Å²) in [5.74, 6) is 0. The van der Waals surface area contributed by atoms with Crippen molar-refractivity contribution in [2.24, 2.45) is 0 Å². The van der Waals surface area contributed by atoms with Crippen LogP contribution in [0.3, 0.4) is 0 Å². The minimum absolute atomic E-state index is 0.202. The molecule has 0 fully saturated rings. The van der Waals surface area contributed by atoms with E-state index in [1.165, 1.54) is 0 Å². The summed E-state index contributed by atoms with van der Waals surface area (Å²) in [6.07, 6.45) is -3.28. The number of hydrogen-bond donors (Lipinski definition) is 0. The van der Waals surface area contributed by atoms with Crippen molar-refractivity contribution in [2.45, 2.75) is 20.0 Å². The quantitative estimate of drug-likeness (QED) is 0.813. The van der Waals surface area contributed by atoms with Gasteiger partial charge in [0.25, 0.3) is 0 Å². The fraction of sp³-hybridized carbons (Fsp3) is 0.375. The Bertz CT molecular complexity index is 584. The molecule has 1 aromatic carbocycles. The number of allylic oxidation sites excluding steroid dienone is 2. The summed E-state index contributed by atoms with van der Waals surface area (Å²) < 4.78 is 39.5. The van der Waals surface area contributed by atoms with Crippen LogP contribution in [0.15, 0.2) is 36.6 Å². The number of halogens is 3. The van der Waals surface area contributed by atoms with E-state index in [0.717, 1.165) is 24.9 Å². The molecular formula is C16H19F3N2. The van der Waals surface area contributed by atoms with Gasteiger partial charge in [-0.2, -0.15) is 13.2 Å².